The highest BCUT2D eigenvalue weighted by molar-refractivity contribution is 6.74. The number of halogens is 5. The van der Waals surface area contributed by atoms with E-state index in [4.69, 9.17) is 13.9 Å². The Kier molecular flexibility index (Phi) is 10.9. The molecule has 43 heavy (non-hydrogen) atoms. The largest absolute Gasteiger partial charge is 0.497 e. The quantitative estimate of drug-likeness (QED) is 0.209. The summed E-state index contributed by atoms with van der Waals surface area (Å²) in [5.74, 6) is -1.75. The topological polar surface area (TPSA) is 68.3 Å². The molecule has 1 fully saturated rings. The van der Waals surface area contributed by atoms with Crippen molar-refractivity contribution in [1.82, 2.24) is 9.80 Å². The first-order valence-electron chi connectivity index (χ1n) is 13.9. The Balaban J connectivity index is 2.05. The number of nitrogens with zero attached hydrogens (tertiary/aromatic N) is 2. The maximum absolute atomic E-state index is 14.5. The minimum atomic E-state index is -5.29. The maximum atomic E-state index is 14.5. The molecule has 0 bridgehead atoms. The molecule has 0 spiro atoms. The number of methoxy groups -OCH3 is 1. The zero-order valence-corrected chi connectivity index (χ0v) is 26.2. The van der Waals surface area contributed by atoms with Gasteiger partial charge in [-0.2, -0.15) is 13.2 Å². The van der Waals surface area contributed by atoms with Crippen LogP contribution in [0, 0.1) is 0 Å². The Bertz CT molecular complexity index is 1220. The van der Waals surface area contributed by atoms with Gasteiger partial charge in [-0.25, -0.2) is 13.6 Å². The molecule has 0 saturated carbocycles. The van der Waals surface area contributed by atoms with E-state index < -0.39 is 64.0 Å². The second-order valence-electron chi connectivity index (χ2n) is 12.1. The molecule has 1 saturated heterocycles. The lowest BCUT2D eigenvalue weighted by molar-refractivity contribution is -0.189. The van der Waals surface area contributed by atoms with Crippen molar-refractivity contribution < 1.29 is 45.4 Å². The van der Waals surface area contributed by atoms with Gasteiger partial charge in [0.05, 0.1) is 31.8 Å². The molecular formula is C30H39F5N2O5Si. The highest BCUT2D eigenvalue weighted by Gasteiger charge is 2.55. The maximum Gasteiger partial charge on any atom is 0.471 e. The highest BCUT2D eigenvalue weighted by Crippen LogP contribution is 2.40. The Hall–Kier alpha value is -3.19. The predicted octanol–water partition coefficient (Wildman–Crippen LogP) is 7.02. The minimum absolute atomic E-state index is 0.232. The number of likely N-dealkylation sites (tertiary alicyclic amines) is 1. The van der Waals surface area contributed by atoms with E-state index in [0.29, 0.717) is 21.8 Å². The summed E-state index contributed by atoms with van der Waals surface area (Å²) in [7, 11) is -1.15. The summed E-state index contributed by atoms with van der Waals surface area (Å²) in [4.78, 5) is 27.6. The second kappa shape index (κ2) is 13.6. The molecule has 3 rings (SSSR count). The molecular weight excluding hydrogens is 591 g/mol. The van der Waals surface area contributed by atoms with Gasteiger partial charge in [-0.3, -0.25) is 9.69 Å². The SMILES string of the molecule is COc1ccc(CN(C(=O)C(F)(F)F)[C@H]2C[C@@H](C(F)F)N(C(=O)OCc3ccccc3)[C@H]2CO[Si](C)(C)C(C)(C)C)cc1. The number of benzene rings is 2. The first-order valence-corrected chi connectivity index (χ1v) is 16.8. The standard InChI is InChI=1S/C30H39F5N2O5Si/c1-29(2,3)43(5,6)42-19-25-23(36(27(38)30(33,34)35)17-20-12-14-22(40-4)15-13-20)16-24(26(31)32)37(25)28(39)41-18-21-10-8-7-9-11-21/h7-15,23-26H,16-19H2,1-6H3/t23-,24-,25-/m0/s1. The van der Waals surface area contributed by atoms with Gasteiger partial charge in [-0.15, -0.1) is 0 Å². The van der Waals surface area contributed by atoms with Crippen molar-refractivity contribution in [3.8, 4) is 5.75 Å². The third-order valence-corrected chi connectivity index (χ3v) is 12.7. The van der Waals surface area contributed by atoms with Gasteiger partial charge >= 0.3 is 18.2 Å². The van der Waals surface area contributed by atoms with Gasteiger partial charge < -0.3 is 18.8 Å². The van der Waals surface area contributed by atoms with Gasteiger partial charge in [0, 0.05) is 6.54 Å². The predicted molar refractivity (Wildman–Crippen MR) is 153 cm³/mol. The third kappa shape index (κ3) is 8.47. The number of ether oxygens (including phenoxy) is 2. The summed E-state index contributed by atoms with van der Waals surface area (Å²) in [6.45, 7) is 8.52. The Labute approximate surface area is 250 Å². The van der Waals surface area contributed by atoms with E-state index in [1.807, 2.05) is 33.9 Å². The van der Waals surface area contributed by atoms with Crippen LogP contribution in [0.3, 0.4) is 0 Å². The van der Waals surface area contributed by atoms with Crippen LogP contribution in [0.5, 0.6) is 5.75 Å². The molecule has 7 nitrogen and oxygen atoms in total. The van der Waals surface area contributed by atoms with E-state index >= 15 is 0 Å². The van der Waals surface area contributed by atoms with Crippen LogP contribution in [0.1, 0.15) is 38.3 Å². The first kappa shape index (κ1) is 34.3. The number of hydrogen-bond acceptors (Lipinski definition) is 5. The van der Waals surface area contributed by atoms with Gasteiger partial charge in [-0.1, -0.05) is 63.2 Å². The molecule has 0 N–H and O–H groups in total. The van der Waals surface area contributed by atoms with E-state index in [1.54, 1.807) is 30.3 Å². The monoisotopic (exact) mass is 630 g/mol. The van der Waals surface area contributed by atoms with Gasteiger partial charge in [-0.05, 0) is 47.8 Å². The highest BCUT2D eigenvalue weighted by atomic mass is 28.4. The second-order valence-corrected chi connectivity index (χ2v) is 16.9. The van der Waals surface area contributed by atoms with E-state index in [-0.39, 0.29) is 18.3 Å². The van der Waals surface area contributed by atoms with Crippen LogP contribution in [-0.4, -0.2) is 74.6 Å². The molecule has 2 amide bonds. The first-order chi connectivity index (χ1) is 20.0. The zero-order chi connectivity index (χ0) is 32.2. The van der Waals surface area contributed by atoms with Crippen molar-refractivity contribution in [3.05, 3.63) is 65.7 Å². The average molecular weight is 631 g/mol. The van der Waals surface area contributed by atoms with Gasteiger partial charge in [0.2, 0.25) is 0 Å². The van der Waals surface area contributed by atoms with Crippen LogP contribution in [0.2, 0.25) is 18.1 Å². The summed E-state index contributed by atoms with van der Waals surface area (Å²) in [5, 5.41) is -0.327. The van der Waals surface area contributed by atoms with E-state index in [2.05, 4.69) is 0 Å². The van der Waals surface area contributed by atoms with Crippen molar-refractivity contribution in [2.24, 2.45) is 0 Å². The summed E-state index contributed by atoms with van der Waals surface area (Å²) in [6, 6.07) is 9.99. The molecule has 2 aromatic rings. The van der Waals surface area contributed by atoms with E-state index in [0.717, 1.165) is 4.90 Å². The molecule has 3 atom stereocenters. The van der Waals surface area contributed by atoms with Crippen molar-refractivity contribution in [1.29, 1.82) is 0 Å². The summed E-state index contributed by atoms with van der Waals surface area (Å²) in [6.07, 6.45) is -10.1. The van der Waals surface area contributed by atoms with Crippen LogP contribution in [0.15, 0.2) is 54.6 Å². The molecule has 0 aromatic heterocycles. The van der Waals surface area contributed by atoms with Crippen molar-refractivity contribution in [2.45, 2.75) is 89.2 Å². The molecule has 0 aliphatic carbocycles. The molecule has 0 unspecified atom stereocenters. The molecule has 13 heteroatoms. The summed E-state index contributed by atoms with van der Waals surface area (Å²) < 4.78 is 87.7. The number of carbonyl (C=O) groups is 2. The van der Waals surface area contributed by atoms with Crippen molar-refractivity contribution >= 4 is 20.3 Å². The van der Waals surface area contributed by atoms with Crippen molar-refractivity contribution in [3.63, 3.8) is 0 Å². The normalized spacial score (nSPS) is 19.4. The van der Waals surface area contributed by atoms with Crippen LogP contribution >= 0.6 is 0 Å². The molecule has 1 aliphatic heterocycles. The molecule has 0 radical (unpaired) electrons. The Morgan fingerprint density at radius 3 is 2.12 bits per heavy atom. The average Bonchev–Trinajstić information content (AvgIpc) is 3.32. The Morgan fingerprint density at radius 2 is 1.60 bits per heavy atom. The van der Waals surface area contributed by atoms with E-state index in [1.165, 1.54) is 31.4 Å². The van der Waals surface area contributed by atoms with Crippen molar-refractivity contribution in [2.75, 3.05) is 13.7 Å². The van der Waals surface area contributed by atoms with Crippen LogP contribution in [-0.2, 0) is 27.1 Å². The third-order valence-electron chi connectivity index (χ3n) is 8.19. The minimum Gasteiger partial charge on any atom is -0.497 e. The lowest BCUT2D eigenvalue weighted by Crippen LogP contribution is -2.56. The number of carbonyl (C=O) groups excluding carboxylic acids is 2. The number of rotatable bonds is 10. The van der Waals surface area contributed by atoms with Crippen LogP contribution < -0.4 is 4.74 Å². The number of alkyl halides is 5. The lowest BCUT2D eigenvalue weighted by atomic mass is 10.0. The fraction of sp³-hybridized carbons (Fsp3) is 0.533. The molecule has 238 valence electrons. The number of hydrogen-bond donors (Lipinski definition) is 0. The summed E-state index contributed by atoms with van der Waals surface area (Å²) in [5.41, 5.74) is 0.920. The molecule has 1 heterocycles. The van der Waals surface area contributed by atoms with Gasteiger partial charge in [0.1, 0.15) is 12.4 Å². The molecule has 2 aromatic carbocycles. The summed E-state index contributed by atoms with van der Waals surface area (Å²) >= 11 is 0. The van der Waals surface area contributed by atoms with Crippen LogP contribution in [0.4, 0.5) is 26.7 Å². The lowest BCUT2D eigenvalue weighted by Gasteiger charge is -2.40. The van der Waals surface area contributed by atoms with E-state index in [9.17, 15) is 31.5 Å². The zero-order valence-electron chi connectivity index (χ0n) is 25.2. The molecule has 1 aliphatic rings. The smallest absolute Gasteiger partial charge is 0.471 e. The van der Waals surface area contributed by atoms with Gasteiger partial charge in [0.15, 0.2) is 8.32 Å². The Morgan fingerprint density at radius 1 is 1.00 bits per heavy atom. The fourth-order valence-electron chi connectivity index (χ4n) is 4.70. The number of amides is 2. The van der Waals surface area contributed by atoms with Crippen LogP contribution in [0.25, 0.3) is 0 Å². The van der Waals surface area contributed by atoms with Gasteiger partial charge in [0.25, 0.3) is 6.43 Å². The fourth-order valence-corrected chi connectivity index (χ4v) is 5.73.